The van der Waals surface area contributed by atoms with Crippen molar-refractivity contribution in [3.8, 4) is 11.5 Å². The molecule has 0 amide bonds. The highest BCUT2D eigenvalue weighted by Crippen LogP contribution is 2.32. The molecule has 0 N–H and O–H groups in total. The molecule has 0 saturated heterocycles. The Bertz CT molecular complexity index is 431. The highest BCUT2D eigenvalue weighted by molar-refractivity contribution is 6.83. The van der Waals surface area contributed by atoms with Gasteiger partial charge in [-0.25, -0.2) is 0 Å². The Balaban J connectivity index is 2.11. The van der Waals surface area contributed by atoms with Gasteiger partial charge in [0.15, 0.2) is 5.78 Å². The standard InChI is InChI=1S/C13H16O2Si/c1-16(2,3)10-4-7-13-8-5-11(14)12(15-13)6-9-13/h5-6,8-9,12H,7H2,1-3H3. The molecule has 2 atom stereocenters. The predicted molar refractivity (Wildman–Crippen MR) is 66.6 cm³/mol. The van der Waals surface area contributed by atoms with Crippen LogP contribution < -0.4 is 0 Å². The van der Waals surface area contributed by atoms with Crippen LogP contribution in [0.5, 0.6) is 0 Å². The smallest absolute Gasteiger partial charge is 0.188 e. The summed E-state index contributed by atoms with van der Waals surface area (Å²) in [5.74, 6) is 3.23. The van der Waals surface area contributed by atoms with Crippen molar-refractivity contribution in [3.63, 3.8) is 0 Å². The van der Waals surface area contributed by atoms with E-state index in [2.05, 4.69) is 31.1 Å². The maximum atomic E-state index is 11.3. The minimum absolute atomic E-state index is 0.0301. The molecule has 2 rings (SSSR count). The van der Waals surface area contributed by atoms with E-state index in [1.165, 1.54) is 0 Å². The van der Waals surface area contributed by atoms with Gasteiger partial charge in [0.05, 0.1) is 0 Å². The van der Waals surface area contributed by atoms with Crippen molar-refractivity contribution >= 4 is 13.9 Å². The summed E-state index contributed by atoms with van der Waals surface area (Å²) in [7, 11) is -1.32. The van der Waals surface area contributed by atoms with Crippen LogP contribution >= 0.6 is 0 Å². The molecule has 2 heterocycles. The molecule has 0 aliphatic carbocycles. The first-order valence-corrected chi connectivity index (χ1v) is 9.01. The van der Waals surface area contributed by atoms with Gasteiger partial charge in [-0.15, -0.1) is 11.5 Å². The van der Waals surface area contributed by atoms with E-state index in [1.807, 2.05) is 18.2 Å². The first-order valence-electron chi connectivity index (χ1n) is 5.51. The first-order chi connectivity index (χ1) is 7.40. The van der Waals surface area contributed by atoms with Crippen molar-refractivity contribution in [2.24, 2.45) is 0 Å². The molecule has 0 aromatic carbocycles. The Morgan fingerprint density at radius 1 is 1.44 bits per heavy atom. The summed E-state index contributed by atoms with van der Waals surface area (Å²) in [6, 6.07) is 0. The number of carbonyl (C=O) groups excluding carboxylic acids is 1. The summed E-state index contributed by atoms with van der Waals surface area (Å²) in [5.41, 5.74) is 2.87. The second-order valence-corrected chi connectivity index (χ2v) is 10.1. The van der Waals surface area contributed by atoms with E-state index >= 15 is 0 Å². The number of ketones is 1. The fourth-order valence-electron chi connectivity index (χ4n) is 1.74. The van der Waals surface area contributed by atoms with E-state index in [1.54, 1.807) is 6.08 Å². The van der Waals surface area contributed by atoms with Crippen LogP contribution in [0, 0.1) is 11.5 Å². The van der Waals surface area contributed by atoms with Gasteiger partial charge in [0.25, 0.3) is 0 Å². The van der Waals surface area contributed by atoms with Crippen molar-refractivity contribution in [3.05, 3.63) is 24.3 Å². The van der Waals surface area contributed by atoms with Gasteiger partial charge in [-0.3, -0.25) is 4.79 Å². The monoisotopic (exact) mass is 232 g/mol. The highest BCUT2D eigenvalue weighted by Gasteiger charge is 2.38. The van der Waals surface area contributed by atoms with Crippen molar-refractivity contribution in [1.29, 1.82) is 0 Å². The Labute approximate surface area is 97.4 Å². The third kappa shape index (κ3) is 2.34. The zero-order chi connectivity index (χ0) is 11.8. The molecule has 0 saturated carbocycles. The van der Waals surface area contributed by atoms with Gasteiger partial charge in [-0.05, 0) is 24.3 Å². The largest absolute Gasteiger partial charge is 0.350 e. The maximum Gasteiger partial charge on any atom is 0.188 e. The fraction of sp³-hybridized carbons (Fsp3) is 0.462. The predicted octanol–water partition coefficient (Wildman–Crippen LogP) is 2.09. The van der Waals surface area contributed by atoms with Crippen LogP contribution in [-0.4, -0.2) is 25.6 Å². The number of ether oxygens (including phenoxy) is 1. The summed E-state index contributed by atoms with van der Waals surface area (Å²) in [5, 5.41) is 0. The van der Waals surface area contributed by atoms with Crippen LogP contribution in [0.25, 0.3) is 0 Å². The molecule has 0 radical (unpaired) electrons. The van der Waals surface area contributed by atoms with Crippen molar-refractivity contribution in [2.45, 2.75) is 37.8 Å². The lowest BCUT2D eigenvalue weighted by Gasteiger charge is -2.26. The third-order valence-corrected chi connectivity index (χ3v) is 3.46. The SMILES string of the molecule is C[Si](C)(C)C#CCC12C=CC(=O)C(C=C1)O2. The minimum atomic E-state index is -1.32. The lowest BCUT2D eigenvalue weighted by molar-refractivity contribution is -0.127. The molecule has 3 heteroatoms. The molecule has 2 unspecified atom stereocenters. The molecule has 0 fully saturated rings. The summed E-state index contributed by atoms with van der Waals surface area (Å²) >= 11 is 0. The molecular formula is C13H16O2Si. The Morgan fingerprint density at radius 3 is 2.88 bits per heavy atom. The summed E-state index contributed by atoms with van der Waals surface area (Å²) < 4.78 is 5.68. The lowest BCUT2D eigenvalue weighted by atomic mass is 9.99. The number of hydrogen-bond acceptors (Lipinski definition) is 2. The van der Waals surface area contributed by atoms with E-state index in [9.17, 15) is 4.79 Å². The Kier molecular flexibility index (Phi) is 2.65. The van der Waals surface area contributed by atoms with Crippen molar-refractivity contribution in [2.75, 3.05) is 0 Å². The topological polar surface area (TPSA) is 26.3 Å². The highest BCUT2D eigenvalue weighted by atomic mass is 28.3. The quantitative estimate of drug-likeness (QED) is 0.393. The molecule has 2 bridgehead atoms. The summed E-state index contributed by atoms with van der Waals surface area (Å²) in [4.78, 5) is 11.3. The number of hydrogen-bond donors (Lipinski definition) is 0. The van der Waals surface area contributed by atoms with E-state index in [-0.39, 0.29) is 11.9 Å². The van der Waals surface area contributed by atoms with Gasteiger partial charge in [-0.2, -0.15) is 0 Å². The summed E-state index contributed by atoms with van der Waals surface area (Å²) in [6.07, 6.45) is 7.50. The van der Waals surface area contributed by atoms with Gasteiger partial charge in [0.1, 0.15) is 19.8 Å². The Hall–Kier alpha value is -1.11. The van der Waals surface area contributed by atoms with Crippen LogP contribution in [-0.2, 0) is 9.53 Å². The van der Waals surface area contributed by atoms with E-state index in [4.69, 9.17) is 4.74 Å². The van der Waals surface area contributed by atoms with E-state index < -0.39 is 13.7 Å². The van der Waals surface area contributed by atoms with Gasteiger partial charge in [0, 0.05) is 6.42 Å². The third-order valence-electron chi connectivity index (χ3n) is 2.54. The number of rotatable bonds is 1. The summed E-state index contributed by atoms with van der Waals surface area (Å²) in [6.45, 7) is 6.64. The molecule has 2 nitrogen and oxygen atoms in total. The van der Waals surface area contributed by atoms with Crippen LogP contribution in [0.15, 0.2) is 24.3 Å². The minimum Gasteiger partial charge on any atom is -0.350 e. The zero-order valence-electron chi connectivity index (χ0n) is 9.91. The number of carbonyl (C=O) groups is 1. The molecular weight excluding hydrogens is 216 g/mol. The van der Waals surface area contributed by atoms with Gasteiger partial charge in [-0.1, -0.05) is 19.6 Å². The molecule has 16 heavy (non-hydrogen) atoms. The first kappa shape index (κ1) is 11.4. The molecule has 0 spiro atoms. The van der Waals surface area contributed by atoms with Crippen LogP contribution in [0.3, 0.4) is 0 Å². The maximum absolute atomic E-state index is 11.3. The second kappa shape index (κ2) is 3.72. The van der Waals surface area contributed by atoms with Gasteiger partial charge < -0.3 is 4.74 Å². The zero-order valence-corrected chi connectivity index (χ0v) is 10.9. The number of fused-ring (bicyclic) bond motifs is 2. The van der Waals surface area contributed by atoms with Crippen LogP contribution in [0.4, 0.5) is 0 Å². The molecule has 84 valence electrons. The molecule has 0 aromatic heterocycles. The fourth-order valence-corrected chi connectivity index (χ4v) is 2.36. The van der Waals surface area contributed by atoms with E-state index in [0.717, 1.165) is 0 Å². The molecule has 0 aromatic rings. The Morgan fingerprint density at radius 2 is 2.19 bits per heavy atom. The van der Waals surface area contributed by atoms with Crippen molar-refractivity contribution in [1.82, 2.24) is 0 Å². The lowest BCUT2D eigenvalue weighted by Crippen LogP contribution is -2.34. The van der Waals surface area contributed by atoms with Gasteiger partial charge >= 0.3 is 0 Å². The molecule has 2 aliphatic heterocycles. The average molecular weight is 232 g/mol. The van der Waals surface area contributed by atoms with E-state index in [0.29, 0.717) is 6.42 Å². The van der Waals surface area contributed by atoms with Crippen LogP contribution in [0.2, 0.25) is 19.6 Å². The average Bonchev–Trinajstić information content (AvgIpc) is 2.51. The molecule has 2 aliphatic rings. The normalized spacial score (nSPS) is 31.4. The van der Waals surface area contributed by atoms with Crippen LogP contribution in [0.1, 0.15) is 6.42 Å². The van der Waals surface area contributed by atoms with Gasteiger partial charge in [0.2, 0.25) is 0 Å². The van der Waals surface area contributed by atoms with Crippen molar-refractivity contribution < 1.29 is 9.53 Å². The second-order valence-electron chi connectivity index (χ2n) is 5.32.